The first-order chi connectivity index (χ1) is 23.1. The van der Waals surface area contributed by atoms with Gasteiger partial charge in [-0.2, -0.15) is 0 Å². The highest BCUT2D eigenvalue weighted by molar-refractivity contribution is 5.98. The number of ether oxygens (including phenoxy) is 2. The topological polar surface area (TPSA) is 184 Å². The van der Waals surface area contributed by atoms with Crippen LogP contribution in [0.15, 0.2) is 34.9 Å². The highest BCUT2D eigenvalue weighted by Crippen LogP contribution is 2.21. The van der Waals surface area contributed by atoms with Gasteiger partial charge in [0.1, 0.15) is 36.5 Å². The van der Waals surface area contributed by atoms with Gasteiger partial charge in [-0.05, 0) is 49.8 Å². The van der Waals surface area contributed by atoms with Gasteiger partial charge < -0.3 is 45.1 Å². The van der Waals surface area contributed by atoms with Crippen LogP contribution in [-0.4, -0.2) is 110 Å². The van der Waals surface area contributed by atoms with E-state index in [-0.39, 0.29) is 43.1 Å². The first kappa shape index (κ1) is 34.7. The Balaban J connectivity index is 1.36. The van der Waals surface area contributed by atoms with E-state index in [1.165, 1.54) is 17.9 Å². The third kappa shape index (κ3) is 8.82. The highest BCUT2D eigenvalue weighted by atomic mass is 16.5. The lowest BCUT2D eigenvalue weighted by Gasteiger charge is -2.30. The second-order valence-corrected chi connectivity index (χ2v) is 12.8. The van der Waals surface area contributed by atoms with E-state index >= 15 is 0 Å². The van der Waals surface area contributed by atoms with Crippen LogP contribution < -0.4 is 30.9 Å². The van der Waals surface area contributed by atoms with E-state index < -0.39 is 41.9 Å². The van der Waals surface area contributed by atoms with Gasteiger partial charge in [0.05, 0.1) is 19.8 Å². The van der Waals surface area contributed by atoms with Gasteiger partial charge in [-0.1, -0.05) is 31.1 Å². The fraction of sp³-hybridized carbons (Fsp3) is 0.576. The summed E-state index contributed by atoms with van der Waals surface area (Å²) >= 11 is 0. The number of hydrogen-bond donors (Lipinski definition) is 4. The van der Waals surface area contributed by atoms with Crippen LogP contribution in [0.1, 0.15) is 56.2 Å². The Hall–Kier alpha value is -4.66. The SMILES string of the molecule is CC(C)C[C@@H]1NC(=O)[C@@H](C)NC(=O)[C@@H](NC(=O)c2cc(N3CCOCC3)no2)Cc2ccc(cc2)OCCNC(=O)[C@H]2CCCN2C1=O. The van der Waals surface area contributed by atoms with E-state index in [4.69, 9.17) is 14.0 Å². The molecule has 2 bridgehead atoms. The van der Waals surface area contributed by atoms with E-state index in [1.54, 1.807) is 24.3 Å². The van der Waals surface area contributed by atoms with E-state index in [2.05, 4.69) is 26.4 Å². The Morgan fingerprint density at radius 1 is 1.00 bits per heavy atom. The number of anilines is 1. The van der Waals surface area contributed by atoms with Crippen molar-refractivity contribution in [2.75, 3.05) is 50.9 Å². The van der Waals surface area contributed by atoms with Crippen LogP contribution in [0.2, 0.25) is 0 Å². The molecule has 2 saturated heterocycles. The van der Waals surface area contributed by atoms with Crippen molar-refractivity contribution in [1.82, 2.24) is 31.3 Å². The van der Waals surface area contributed by atoms with Gasteiger partial charge in [0.25, 0.3) is 5.91 Å². The monoisotopic (exact) mass is 667 g/mol. The summed E-state index contributed by atoms with van der Waals surface area (Å²) in [5.41, 5.74) is 0.720. The Morgan fingerprint density at radius 3 is 2.48 bits per heavy atom. The Kier molecular flexibility index (Phi) is 11.5. The highest BCUT2D eigenvalue weighted by Gasteiger charge is 2.38. The number of amides is 5. The summed E-state index contributed by atoms with van der Waals surface area (Å²) in [4.78, 5) is 70.6. The number of rotatable bonds is 5. The van der Waals surface area contributed by atoms with Gasteiger partial charge in [-0.25, -0.2) is 0 Å². The molecule has 0 saturated carbocycles. The molecule has 15 heteroatoms. The largest absolute Gasteiger partial charge is 0.492 e. The fourth-order valence-electron chi connectivity index (χ4n) is 6.04. The molecule has 5 heterocycles. The summed E-state index contributed by atoms with van der Waals surface area (Å²) in [5, 5.41) is 15.1. The van der Waals surface area contributed by atoms with Crippen molar-refractivity contribution in [2.45, 2.75) is 70.6 Å². The van der Waals surface area contributed by atoms with E-state index in [0.717, 1.165) is 5.56 Å². The predicted molar refractivity (Wildman–Crippen MR) is 173 cm³/mol. The number of nitrogens with one attached hydrogen (secondary N) is 4. The maximum atomic E-state index is 13.7. The first-order valence-electron chi connectivity index (χ1n) is 16.6. The van der Waals surface area contributed by atoms with Gasteiger partial charge in [-0.3, -0.25) is 24.0 Å². The minimum Gasteiger partial charge on any atom is -0.492 e. The van der Waals surface area contributed by atoms with Crippen molar-refractivity contribution < 1.29 is 38.0 Å². The van der Waals surface area contributed by atoms with Gasteiger partial charge in [0.15, 0.2) is 5.82 Å². The second kappa shape index (κ2) is 16.0. The lowest BCUT2D eigenvalue weighted by Crippen LogP contribution is -2.58. The average molecular weight is 668 g/mol. The Bertz CT molecular complexity index is 1460. The summed E-state index contributed by atoms with van der Waals surface area (Å²) in [6.07, 6.45) is 1.63. The van der Waals surface area contributed by atoms with E-state index in [0.29, 0.717) is 63.7 Å². The zero-order valence-electron chi connectivity index (χ0n) is 27.7. The number of fused-ring (bicyclic) bond motifs is 14. The van der Waals surface area contributed by atoms with Crippen LogP contribution >= 0.6 is 0 Å². The standard InChI is InChI=1S/C33H45N7O8/c1-20(2)17-25-33(45)40-11-4-5-26(40)31(43)34-10-14-47-23-8-6-22(7-9-23)18-24(30(42)35-21(3)29(41)37-25)36-32(44)27-19-28(38-48-27)39-12-15-46-16-13-39/h6-9,19-21,24-26H,4-5,10-18H2,1-3H3,(H,34,43)(H,35,42)(H,36,44)(H,37,41)/t21-,24+,25+,26-/m1/s1. The van der Waals surface area contributed by atoms with Crippen molar-refractivity contribution in [3.63, 3.8) is 0 Å². The summed E-state index contributed by atoms with van der Waals surface area (Å²) in [6.45, 7) is 8.52. The molecule has 6 rings (SSSR count). The molecule has 260 valence electrons. The molecular formula is C33H45N7O8. The minimum absolute atomic E-state index is 0.0622. The number of hydrogen-bond acceptors (Lipinski definition) is 10. The molecule has 4 N–H and O–H groups in total. The number of carbonyl (C=O) groups excluding carboxylic acids is 5. The smallest absolute Gasteiger partial charge is 0.290 e. The van der Waals surface area contributed by atoms with E-state index in [1.807, 2.05) is 18.7 Å². The van der Waals surface area contributed by atoms with Gasteiger partial charge in [-0.15, -0.1) is 0 Å². The van der Waals surface area contributed by atoms with Gasteiger partial charge in [0.2, 0.25) is 29.4 Å². The zero-order valence-corrected chi connectivity index (χ0v) is 27.7. The molecule has 48 heavy (non-hydrogen) atoms. The summed E-state index contributed by atoms with van der Waals surface area (Å²) in [7, 11) is 0. The quantitative estimate of drug-likeness (QED) is 0.348. The fourth-order valence-corrected chi connectivity index (χ4v) is 6.04. The molecule has 4 atom stereocenters. The summed E-state index contributed by atoms with van der Waals surface area (Å²) in [6, 6.07) is 4.87. The third-order valence-electron chi connectivity index (χ3n) is 8.62. The Morgan fingerprint density at radius 2 is 1.75 bits per heavy atom. The van der Waals surface area contributed by atoms with Crippen LogP contribution in [0, 0.1) is 5.92 Å². The minimum atomic E-state index is -1.09. The molecule has 1 aromatic heterocycles. The van der Waals surface area contributed by atoms with E-state index in [9.17, 15) is 24.0 Å². The number of carbonyl (C=O) groups is 5. The van der Waals surface area contributed by atoms with Crippen molar-refractivity contribution >= 4 is 35.4 Å². The van der Waals surface area contributed by atoms with Crippen LogP contribution in [-0.2, 0) is 30.3 Å². The molecule has 2 fully saturated rings. The summed E-state index contributed by atoms with van der Waals surface area (Å²) in [5.74, 6) is -1.35. The van der Waals surface area contributed by atoms with Crippen LogP contribution in [0.4, 0.5) is 5.82 Å². The first-order valence-corrected chi connectivity index (χ1v) is 16.6. The second-order valence-electron chi connectivity index (χ2n) is 12.8. The average Bonchev–Trinajstić information content (AvgIpc) is 3.77. The summed E-state index contributed by atoms with van der Waals surface area (Å²) < 4.78 is 16.5. The lowest BCUT2D eigenvalue weighted by molar-refractivity contribution is -0.142. The van der Waals surface area contributed by atoms with Crippen molar-refractivity contribution in [1.29, 1.82) is 0 Å². The number of nitrogens with zero attached hydrogens (tertiary/aromatic N) is 3. The molecule has 1 aromatic carbocycles. The van der Waals surface area contributed by atoms with Crippen LogP contribution in [0.5, 0.6) is 5.75 Å². The lowest BCUT2D eigenvalue weighted by atomic mass is 10.0. The molecule has 4 aliphatic rings. The molecule has 0 spiro atoms. The molecule has 15 nitrogen and oxygen atoms in total. The Labute approximate surface area is 279 Å². The molecule has 0 aliphatic carbocycles. The number of morpholine rings is 1. The normalized spacial score (nSPS) is 24.8. The van der Waals surface area contributed by atoms with Crippen molar-refractivity contribution in [2.24, 2.45) is 5.92 Å². The van der Waals surface area contributed by atoms with Crippen molar-refractivity contribution in [3.05, 3.63) is 41.7 Å². The van der Waals surface area contributed by atoms with Gasteiger partial charge in [0, 0.05) is 32.1 Å². The maximum absolute atomic E-state index is 13.7. The molecule has 0 radical (unpaired) electrons. The molecule has 5 amide bonds. The zero-order chi connectivity index (χ0) is 34.2. The maximum Gasteiger partial charge on any atom is 0.290 e. The third-order valence-corrected chi connectivity index (χ3v) is 8.62. The number of benzene rings is 1. The van der Waals surface area contributed by atoms with Crippen molar-refractivity contribution in [3.8, 4) is 5.75 Å². The molecule has 0 unspecified atom stereocenters. The molecular weight excluding hydrogens is 622 g/mol. The molecule has 2 aromatic rings. The molecule has 4 aliphatic heterocycles. The van der Waals surface area contributed by atoms with Crippen LogP contribution in [0.25, 0.3) is 0 Å². The number of aromatic nitrogens is 1. The van der Waals surface area contributed by atoms with Crippen LogP contribution in [0.3, 0.4) is 0 Å². The predicted octanol–water partition coefficient (Wildman–Crippen LogP) is 0.388. The van der Waals surface area contributed by atoms with Gasteiger partial charge >= 0.3 is 0 Å².